The molecule has 3 aromatic rings. The number of nitrogens with one attached hydrogen (secondary N) is 1. The Morgan fingerprint density at radius 3 is 2.42 bits per heavy atom. The van der Waals surface area contributed by atoms with E-state index in [1.807, 2.05) is 18.2 Å². The Morgan fingerprint density at radius 1 is 1.05 bits per heavy atom. The maximum Gasteiger partial charge on any atom is 0.338 e. The second kappa shape index (κ2) is 12.3. The van der Waals surface area contributed by atoms with Gasteiger partial charge in [-0.05, 0) is 79.8 Å². The molecule has 1 aromatic heterocycles. The number of carbonyl (C=O) groups excluding carboxylic acids is 3. The van der Waals surface area contributed by atoms with Crippen molar-refractivity contribution in [3.8, 4) is 5.75 Å². The van der Waals surface area contributed by atoms with Crippen LogP contribution in [0.15, 0.2) is 72.9 Å². The number of amides is 2. The molecule has 1 saturated heterocycles. The van der Waals surface area contributed by atoms with Gasteiger partial charge in [0, 0.05) is 30.5 Å². The molecule has 1 fully saturated rings. The molecule has 0 radical (unpaired) electrons. The zero-order chi connectivity index (χ0) is 27.1. The molecule has 0 aliphatic carbocycles. The summed E-state index contributed by atoms with van der Waals surface area (Å²) in [6, 6.07) is 18.2. The Kier molecular flexibility index (Phi) is 8.65. The van der Waals surface area contributed by atoms with Crippen LogP contribution in [-0.4, -0.2) is 59.1 Å². The number of ether oxygens (including phenoxy) is 2. The van der Waals surface area contributed by atoms with Crippen molar-refractivity contribution in [2.75, 3.05) is 30.5 Å². The number of esters is 1. The number of thiocarbonyl (C=S) groups is 1. The lowest BCUT2D eigenvalue weighted by molar-refractivity contribution is -0.124. The van der Waals surface area contributed by atoms with Crippen LogP contribution in [-0.2, 0) is 20.7 Å². The minimum absolute atomic E-state index is 0.0926. The largest absolute Gasteiger partial charge is 0.497 e. The number of aromatic nitrogens is 1. The minimum Gasteiger partial charge on any atom is -0.497 e. The van der Waals surface area contributed by atoms with Crippen molar-refractivity contribution in [3.05, 3.63) is 84.2 Å². The second-order valence-corrected chi connectivity index (χ2v) is 8.85. The predicted molar refractivity (Wildman–Crippen MR) is 147 cm³/mol. The smallest absolute Gasteiger partial charge is 0.338 e. The van der Waals surface area contributed by atoms with E-state index in [9.17, 15) is 14.4 Å². The van der Waals surface area contributed by atoms with Gasteiger partial charge >= 0.3 is 5.97 Å². The minimum atomic E-state index is -0.797. The topological polar surface area (TPSA) is 101 Å². The Hall–Kier alpha value is -4.31. The molecule has 2 aromatic carbocycles. The molecule has 1 atom stereocenters. The van der Waals surface area contributed by atoms with Crippen molar-refractivity contribution in [1.82, 2.24) is 9.88 Å². The van der Waals surface area contributed by atoms with E-state index in [0.717, 1.165) is 5.69 Å². The number of anilines is 2. The van der Waals surface area contributed by atoms with Crippen molar-refractivity contribution in [2.24, 2.45) is 0 Å². The first-order valence-electron chi connectivity index (χ1n) is 12.2. The third-order valence-corrected chi connectivity index (χ3v) is 6.46. The summed E-state index contributed by atoms with van der Waals surface area (Å²) in [5.41, 5.74) is 2.32. The van der Waals surface area contributed by atoms with Gasteiger partial charge in [0.2, 0.25) is 5.91 Å². The number of hydrogen-bond acceptors (Lipinski definition) is 7. The summed E-state index contributed by atoms with van der Waals surface area (Å²) in [6.45, 7) is 2.40. The predicted octanol–water partition coefficient (Wildman–Crippen LogP) is 3.84. The third kappa shape index (κ3) is 6.15. The maximum atomic E-state index is 13.6. The number of benzene rings is 2. The lowest BCUT2D eigenvalue weighted by Gasteiger charge is -2.23. The van der Waals surface area contributed by atoms with Gasteiger partial charge in [-0.15, -0.1) is 0 Å². The number of hydrogen-bond donors (Lipinski definition) is 1. The second-order valence-electron chi connectivity index (χ2n) is 8.48. The molecule has 1 unspecified atom stereocenters. The first-order chi connectivity index (χ1) is 18.4. The standard InChI is InChI=1S/C28H28N4O5S/c1-3-37-27(35)19-7-11-22(12-8-19)32-26(34)24(18-25(33)30-21-9-13-23(36-2)14-10-21)31(28(32)38)17-15-20-6-4-5-16-29-20/h4-14,16,24H,3,15,17-18H2,1-2H3,(H,30,33). The van der Waals surface area contributed by atoms with Gasteiger partial charge in [0.25, 0.3) is 5.91 Å². The molecule has 196 valence electrons. The van der Waals surface area contributed by atoms with Gasteiger partial charge in [0.1, 0.15) is 11.8 Å². The molecule has 0 saturated carbocycles. The number of rotatable bonds is 10. The molecule has 2 heterocycles. The van der Waals surface area contributed by atoms with Crippen molar-refractivity contribution in [1.29, 1.82) is 0 Å². The summed E-state index contributed by atoms with van der Waals surface area (Å²) in [5.74, 6) is -0.410. The first kappa shape index (κ1) is 26.7. The van der Waals surface area contributed by atoms with Crippen molar-refractivity contribution in [3.63, 3.8) is 0 Å². The molecule has 1 aliphatic rings. The third-order valence-electron chi connectivity index (χ3n) is 6.04. The van der Waals surface area contributed by atoms with Crippen molar-refractivity contribution in [2.45, 2.75) is 25.8 Å². The maximum absolute atomic E-state index is 13.6. The van der Waals surface area contributed by atoms with Crippen molar-refractivity contribution < 1.29 is 23.9 Å². The SMILES string of the molecule is CCOC(=O)c1ccc(N2C(=O)C(CC(=O)Nc3ccc(OC)cc3)N(CCc3ccccn3)C2=S)cc1. The zero-order valence-corrected chi connectivity index (χ0v) is 21.9. The van der Waals surface area contributed by atoms with Crippen LogP contribution >= 0.6 is 12.2 Å². The van der Waals surface area contributed by atoms with Gasteiger partial charge in [-0.1, -0.05) is 6.07 Å². The Bertz CT molecular complexity index is 1300. The number of pyridine rings is 1. The highest BCUT2D eigenvalue weighted by atomic mass is 32.1. The number of methoxy groups -OCH3 is 1. The fourth-order valence-electron chi connectivity index (χ4n) is 4.13. The highest BCUT2D eigenvalue weighted by Crippen LogP contribution is 2.28. The van der Waals surface area contributed by atoms with Gasteiger partial charge in [0.15, 0.2) is 5.11 Å². The Balaban J connectivity index is 1.54. The van der Waals surface area contributed by atoms with E-state index < -0.39 is 12.0 Å². The Morgan fingerprint density at radius 2 is 1.79 bits per heavy atom. The lowest BCUT2D eigenvalue weighted by atomic mass is 10.1. The van der Waals surface area contributed by atoms with E-state index >= 15 is 0 Å². The summed E-state index contributed by atoms with van der Waals surface area (Å²) in [5, 5.41) is 3.13. The highest BCUT2D eigenvalue weighted by Gasteiger charge is 2.44. The van der Waals surface area contributed by atoms with Crippen LogP contribution in [0.25, 0.3) is 0 Å². The monoisotopic (exact) mass is 532 g/mol. The number of carbonyl (C=O) groups is 3. The fourth-order valence-corrected chi connectivity index (χ4v) is 4.54. The quantitative estimate of drug-likeness (QED) is 0.311. The molecule has 0 spiro atoms. The van der Waals surface area contributed by atoms with Gasteiger partial charge in [0.05, 0.1) is 31.4 Å². The van der Waals surface area contributed by atoms with Gasteiger partial charge in [-0.25, -0.2) is 4.79 Å². The lowest BCUT2D eigenvalue weighted by Crippen LogP contribution is -2.39. The van der Waals surface area contributed by atoms with Gasteiger partial charge in [-0.3, -0.25) is 19.5 Å². The van der Waals surface area contributed by atoms with Crippen LogP contribution in [0.5, 0.6) is 5.75 Å². The molecule has 0 bridgehead atoms. The normalized spacial score (nSPS) is 14.9. The summed E-state index contributed by atoms with van der Waals surface area (Å²) >= 11 is 5.72. The van der Waals surface area contributed by atoms with Crippen LogP contribution in [0.2, 0.25) is 0 Å². The molecule has 4 rings (SSSR count). The van der Waals surface area contributed by atoms with Gasteiger partial charge < -0.3 is 19.7 Å². The van der Waals surface area contributed by atoms with Crippen molar-refractivity contribution >= 4 is 46.5 Å². The van der Waals surface area contributed by atoms with E-state index in [0.29, 0.717) is 35.7 Å². The Labute approximate surface area is 226 Å². The first-order valence-corrected chi connectivity index (χ1v) is 12.6. The molecule has 10 heteroatoms. The summed E-state index contributed by atoms with van der Waals surface area (Å²) in [7, 11) is 1.57. The van der Waals surface area contributed by atoms with Crippen LogP contribution in [0, 0.1) is 0 Å². The molecule has 9 nitrogen and oxygen atoms in total. The average Bonchev–Trinajstić information content (AvgIpc) is 3.16. The van der Waals surface area contributed by atoms with Crippen LogP contribution < -0.4 is 15.0 Å². The average molecular weight is 533 g/mol. The van der Waals surface area contributed by atoms with Crippen LogP contribution in [0.4, 0.5) is 11.4 Å². The van der Waals surface area contributed by atoms with E-state index in [2.05, 4.69) is 10.3 Å². The summed E-state index contributed by atoms with van der Waals surface area (Å²) < 4.78 is 10.2. The molecule has 38 heavy (non-hydrogen) atoms. The number of nitrogens with zero attached hydrogens (tertiary/aromatic N) is 3. The fraction of sp³-hybridized carbons (Fsp3) is 0.250. The molecule has 2 amide bonds. The molecule has 1 aliphatic heterocycles. The summed E-state index contributed by atoms with van der Waals surface area (Å²) in [4.78, 5) is 46.2. The summed E-state index contributed by atoms with van der Waals surface area (Å²) in [6.07, 6.45) is 2.16. The van der Waals surface area contributed by atoms with Crippen LogP contribution in [0.1, 0.15) is 29.4 Å². The van der Waals surface area contributed by atoms with Gasteiger partial charge in [-0.2, -0.15) is 0 Å². The van der Waals surface area contributed by atoms with E-state index in [1.54, 1.807) is 73.7 Å². The molecular weight excluding hydrogens is 504 g/mol. The van der Waals surface area contributed by atoms with E-state index in [1.165, 1.54) is 4.90 Å². The van der Waals surface area contributed by atoms with Crippen LogP contribution in [0.3, 0.4) is 0 Å². The highest BCUT2D eigenvalue weighted by molar-refractivity contribution is 7.80. The molecule has 1 N–H and O–H groups in total. The van der Waals surface area contributed by atoms with E-state index in [4.69, 9.17) is 21.7 Å². The molecular formula is C28H28N4O5S. The zero-order valence-electron chi connectivity index (χ0n) is 21.1. The van der Waals surface area contributed by atoms with E-state index in [-0.39, 0.29) is 30.0 Å².